The highest BCUT2D eigenvalue weighted by molar-refractivity contribution is 8.76. The molecule has 1 aromatic rings. The first-order valence-corrected chi connectivity index (χ1v) is 11.8. The molecule has 136 valence electrons. The molecule has 0 spiro atoms. The van der Waals surface area contributed by atoms with E-state index in [-0.39, 0.29) is 25.4 Å². The molecule has 9 nitrogen and oxygen atoms in total. The number of hydrogen-bond acceptors (Lipinski definition) is 10. The van der Waals surface area contributed by atoms with E-state index in [1.54, 1.807) is 21.6 Å². The minimum Gasteiger partial charge on any atom is -0.368 e. The Bertz CT molecular complexity index is 620. The van der Waals surface area contributed by atoms with Crippen molar-refractivity contribution in [1.82, 2.24) is 14.5 Å². The fraction of sp³-hybridized carbons (Fsp3) is 0.750. The van der Waals surface area contributed by atoms with Crippen molar-refractivity contribution in [3.05, 3.63) is 16.8 Å². The monoisotopic (exact) mass is 396 g/mol. The lowest BCUT2D eigenvalue weighted by molar-refractivity contribution is -0.0147. The topological polar surface area (TPSA) is 119 Å². The van der Waals surface area contributed by atoms with Gasteiger partial charge in [0.2, 0.25) is 5.95 Å². The zero-order valence-electron chi connectivity index (χ0n) is 13.3. The molecule has 0 saturated carbocycles. The molecule has 2 unspecified atom stereocenters. The standard InChI is InChI=1S/C12H21N4O5PS2/c1-23-24-5-3-2-4-20-22(18)9-19-10(7-21-22)6-16-8-14-11(13)15-12(16)17/h8,10H,2-7,9H2,1H3,(H2,13,15,17). The van der Waals surface area contributed by atoms with Crippen molar-refractivity contribution in [3.63, 3.8) is 0 Å². The largest absolute Gasteiger partial charge is 0.368 e. The number of unbranched alkanes of at least 4 members (excludes halogenated alkanes) is 1. The number of nitrogens with two attached hydrogens (primary N) is 1. The third-order valence-electron chi connectivity index (χ3n) is 3.14. The van der Waals surface area contributed by atoms with E-state index in [4.69, 9.17) is 19.5 Å². The highest BCUT2D eigenvalue weighted by atomic mass is 33.1. The molecule has 2 N–H and O–H groups in total. The first-order valence-electron chi connectivity index (χ1n) is 7.37. The third kappa shape index (κ3) is 6.38. The van der Waals surface area contributed by atoms with Crippen molar-refractivity contribution < 1.29 is 18.3 Å². The van der Waals surface area contributed by atoms with Gasteiger partial charge in [-0.1, -0.05) is 21.6 Å². The second kappa shape index (κ2) is 9.79. The molecule has 12 heteroatoms. The van der Waals surface area contributed by atoms with Gasteiger partial charge < -0.3 is 19.5 Å². The number of rotatable bonds is 9. The molecule has 24 heavy (non-hydrogen) atoms. The average molecular weight is 396 g/mol. The second-order valence-corrected chi connectivity index (χ2v) is 9.68. The summed E-state index contributed by atoms with van der Waals surface area (Å²) in [5, 5.41) is 0. The normalized spacial score (nSPS) is 24.1. The van der Waals surface area contributed by atoms with Crippen LogP contribution in [0.2, 0.25) is 0 Å². The van der Waals surface area contributed by atoms with Crippen molar-refractivity contribution in [3.8, 4) is 0 Å². The Morgan fingerprint density at radius 3 is 3.04 bits per heavy atom. The summed E-state index contributed by atoms with van der Waals surface area (Å²) in [7, 11) is 0.309. The van der Waals surface area contributed by atoms with E-state index in [9.17, 15) is 9.36 Å². The Hall–Kier alpha value is -0.580. The molecule has 0 bridgehead atoms. The molecule has 2 heterocycles. The molecule has 1 saturated heterocycles. The van der Waals surface area contributed by atoms with Crippen molar-refractivity contribution >= 4 is 35.1 Å². The lowest BCUT2D eigenvalue weighted by Crippen LogP contribution is -2.35. The quantitative estimate of drug-likeness (QED) is 0.374. The van der Waals surface area contributed by atoms with Gasteiger partial charge in [0.25, 0.3) is 0 Å². The fourth-order valence-electron chi connectivity index (χ4n) is 1.92. The van der Waals surface area contributed by atoms with E-state index in [1.807, 2.05) is 6.26 Å². The summed E-state index contributed by atoms with van der Waals surface area (Å²) in [6.45, 7) is 0.660. The number of nitrogen functional groups attached to an aromatic ring is 1. The van der Waals surface area contributed by atoms with Gasteiger partial charge in [-0.2, -0.15) is 4.98 Å². The third-order valence-corrected chi connectivity index (χ3v) is 6.62. The molecule has 1 fully saturated rings. The van der Waals surface area contributed by atoms with Gasteiger partial charge in [-0.3, -0.25) is 9.13 Å². The van der Waals surface area contributed by atoms with Gasteiger partial charge in [-0.25, -0.2) is 9.78 Å². The fourth-order valence-corrected chi connectivity index (χ4v) is 4.68. The molecule has 2 rings (SSSR count). The SMILES string of the molecule is CSSCCCCOP1(=O)COC(Cn2cnc(N)nc2=O)CO1. The summed E-state index contributed by atoms with van der Waals surface area (Å²) in [5.41, 5.74) is 4.82. The molecular formula is C12H21N4O5PS2. The van der Waals surface area contributed by atoms with E-state index in [0.717, 1.165) is 18.6 Å². The maximum atomic E-state index is 12.3. The van der Waals surface area contributed by atoms with Crippen LogP contribution in [0.3, 0.4) is 0 Å². The van der Waals surface area contributed by atoms with Crippen LogP contribution in [0.1, 0.15) is 12.8 Å². The summed E-state index contributed by atoms with van der Waals surface area (Å²) >= 11 is 0. The van der Waals surface area contributed by atoms with E-state index in [2.05, 4.69) is 9.97 Å². The Morgan fingerprint density at radius 1 is 1.54 bits per heavy atom. The maximum absolute atomic E-state index is 12.3. The number of hydrogen-bond donors (Lipinski definition) is 1. The molecule has 0 aromatic carbocycles. The second-order valence-electron chi connectivity index (χ2n) is 5.00. The molecular weight excluding hydrogens is 375 g/mol. The number of nitrogens with zero attached hydrogens (tertiary/aromatic N) is 3. The maximum Gasteiger partial charge on any atom is 0.356 e. The molecule has 1 aromatic heterocycles. The van der Waals surface area contributed by atoms with Crippen LogP contribution in [0.25, 0.3) is 0 Å². The van der Waals surface area contributed by atoms with Gasteiger partial charge in [0.05, 0.1) is 19.8 Å². The molecule has 1 aliphatic heterocycles. The minimum absolute atomic E-state index is 0.0779. The van der Waals surface area contributed by atoms with Crippen molar-refractivity contribution in [2.75, 3.05) is 37.3 Å². The van der Waals surface area contributed by atoms with Crippen molar-refractivity contribution in [1.29, 1.82) is 0 Å². The van der Waals surface area contributed by atoms with Crippen LogP contribution < -0.4 is 11.4 Å². The van der Waals surface area contributed by atoms with Gasteiger partial charge in [0.1, 0.15) is 18.8 Å². The first-order chi connectivity index (χ1) is 11.5. The Labute approximate surface area is 148 Å². The van der Waals surface area contributed by atoms with E-state index < -0.39 is 19.4 Å². The lowest BCUT2D eigenvalue weighted by atomic mass is 10.4. The predicted molar refractivity (Wildman–Crippen MR) is 95.2 cm³/mol. The Kier molecular flexibility index (Phi) is 8.05. The Morgan fingerprint density at radius 2 is 2.38 bits per heavy atom. The number of ether oxygens (including phenoxy) is 1. The van der Waals surface area contributed by atoms with Crippen molar-refractivity contribution in [2.45, 2.75) is 25.5 Å². The summed E-state index contributed by atoms with van der Waals surface area (Å²) in [6.07, 6.45) is 4.61. The minimum atomic E-state index is -3.20. The molecule has 1 aliphatic rings. The number of aromatic nitrogens is 3. The highest BCUT2D eigenvalue weighted by Crippen LogP contribution is 2.51. The highest BCUT2D eigenvalue weighted by Gasteiger charge is 2.33. The average Bonchev–Trinajstić information content (AvgIpc) is 2.56. The van der Waals surface area contributed by atoms with Crippen LogP contribution in [0.5, 0.6) is 0 Å². The van der Waals surface area contributed by atoms with Gasteiger partial charge >= 0.3 is 13.3 Å². The van der Waals surface area contributed by atoms with Crippen LogP contribution in [0.15, 0.2) is 11.1 Å². The van der Waals surface area contributed by atoms with Crippen LogP contribution in [0, 0.1) is 0 Å². The first kappa shape index (κ1) is 19.7. The van der Waals surface area contributed by atoms with Gasteiger partial charge in [-0.15, -0.1) is 0 Å². The summed E-state index contributed by atoms with van der Waals surface area (Å²) in [6, 6.07) is 0. The van der Waals surface area contributed by atoms with Gasteiger partial charge in [-0.05, 0) is 19.1 Å². The van der Waals surface area contributed by atoms with Crippen LogP contribution in [0.4, 0.5) is 5.95 Å². The van der Waals surface area contributed by atoms with Gasteiger partial charge in [0.15, 0.2) is 0 Å². The van der Waals surface area contributed by atoms with E-state index in [1.165, 1.54) is 10.9 Å². The summed E-state index contributed by atoms with van der Waals surface area (Å²) in [4.78, 5) is 18.9. The predicted octanol–water partition coefficient (Wildman–Crippen LogP) is 1.59. The smallest absolute Gasteiger partial charge is 0.356 e. The summed E-state index contributed by atoms with van der Waals surface area (Å²) in [5.74, 6) is 0.957. The molecule has 2 atom stereocenters. The molecule has 0 radical (unpaired) electrons. The van der Waals surface area contributed by atoms with Crippen LogP contribution in [-0.2, 0) is 24.9 Å². The van der Waals surface area contributed by atoms with Crippen LogP contribution >= 0.6 is 29.2 Å². The van der Waals surface area contributed by atoms with Crippen molar-refractivity contribution in [2.24, 2.45) is 0 Å². The van der Waals surface area contributed by atoms with E-state index in [0.29, 0.717) is 6.61 Å². The summed E-state index contributed by atoms with van der Waals surface area (Å²) < 4.78 is 29.9. The van der Waals surface area contributed by atoms with Gasteiger partial charge in [0, 0.05) is 5.75 Å². The number of anilines is 1. The zero-order chi connectivity index (χ0) is 17.4. The molecule has 0 amide bonds. The molecule has 0 aliphatic carbocycles. The van der Waals surface area contributed by atoms with E-state index >= 15 is 0 Å². The lowest BCUT2D eigenvalue weighted by Gasteiger charge is -2.29. The van der Waals surface area contributed by atoms with Crippen LogP contribution in [-0.4, -0.2) is 52.2 Å². The Balaban J connectivity index is 1.72. The zero-order valence-corrected chi connectivity index (χ0v) is 15.9.